The lowest BCUT2D eigenvalue weighted by Crippen LogP contribution is -2.51. The summed E-state index contributed by atoms with van der Waals surface area (Å²) < 4.78 is 30.4. The molecular weight excluding hydrogens is 467 g/mol. The highest BCUT2D eigenvalue weighted by molar-refractivity contribution is 6.35. The molecule has 2 aromatic carbocycles. The molecule has 188 valence electrons. The number of nitrogens with one attached hydrogen (secondary N) is 2. The van der Waals surface area contributed by atoms with Crippen molar-refractivity contribution in [3.63, 3.8) is 0 Å². The number of piperazine rings is 1. The van der Waals surface area contributed by atoms with Gasteiger partial charge in [-0.2, -0.15) is 0 Å². The summed E-state index contributed by atoms with van der Waals surface area (Å²) in [7, 11) is 0. The molecule has 10 heteroatoms. The van der Waals surface area contributed by atoms with Crippen molar-refractivity contribution in [2.24, 2.45) is 0 Å². The van der Waals surface area contributed by atoms with Gasteiger partial charge in [-0.05, 0) is 42.0 Å². The zero-order chi connectivity index (χ0) is 24.9. The van der Waals surface area contributed by atoms with E-state index < -0.39 is 11.8 Å². The van der Waals surface area contributed by atoms with Gasteiger partial charge in [-0.15, -0.1) is 0 Å². The van der Waals surface area contributed by atoms with E-state index in [1.807, 2.05) is 29.2 Å². The number of hydrogen-bond acceptors (Lipinski definition) is 7. The molecule has 0 unspecified atom stereocenters. The topological polar surface area (TPSA) is 96.3 Å². The molecule has 2 aliphatic heterocycles. The summed E-state index contributed by atoms with van der Waals surface area (Å²) in [6.45, 7) is 3.05. The predicted molar refractivity (Wildman–Crippen MR) is 129 cm³/mol. The molecule has 3 heterocycles. The fourth-order valence-corrected chi connectivity index (χ4v) is 4.49. The van der Waals surface area contributed by atoms with Gasteiger partial charge in [-0.3, -0.25) is 14.5 Å². The number of nitrogens with zero attached hydrogens (tertiary/aromatic N) is 2. The van der Waals surface area contributed by atoms with Gasteiger partial charge in [-0.25, -0.2) is 4.39 Å². The Labute approximate surface area is 207 Å². The third-order valence-electron chi connectivity index (χ3n) is 6.40. The molecule has 0 bridgehead atoms. The Bertz CT molecular complexity index is 1210. The molecule has 1 saturated heterocycles. The van der Waals surface area contributed by atoms with E-state index in [1.54, 1.807) is 24.3 Å². The Kier molecular flexibility index (Phi) is 7.03. The highest BCUT2D eigenvalue weighted by Gasteiger charge is 2.28. The summed E-state index contributed by atoms with van der Waals surface area (Å²) in [6.07, 6.45) is 1.50. The first-order valence-electron chi connectivity index (χ1n) is 11.8. The van der Waals surface area contributed by atoms with Gasteiger partial charge in [0, 0.05) is 32.7 Å². The molecule has 0 spiro atoms. The van der Waals surface area contributed by atoms with Crippen LogP contribution in [0.5, 0.6) is 11.5 Å². The van der Waals surface area contributed by atoms with Crippen LogP contribution in [0.2, 0.25) is 0 Å². The molecule has 2 amide bonds. The van der Waals surface area contributed by atoms with Crippen LogP contribution in [-0.4, -0.2) is 56.2 Å². The monoisotopic (exact) mass is 494 g/mol. The van der Waals surface area contributed by atoms with Gasteiger partial charge in [0.05, 0.1) is 24.5 Å². The molecule has 1 aromatic heterocycles. The fraction of sp³-hybridized carbons (Fsp3) is 0.308. The smallest absolute Gasteiger partial charge is 0.309 e. The lowest BCUT2D eigenvalue weighted by Gasteiger charge is -2.40. The van der Waals surface area contributed by atoms with Gasteiger partial charge in [0.15, 0.2) is 11.5 Å². The Morgan fingerprint density at radius 1 is 0.917 bits per heavy atom. The molecule has 0 saturated carbocycles. The Morgan fingerprint density at radius 3 is 2.47 bits per heavy atom. The second kappa shape index (κ2) is 10.7. The molecule has 2 N–H and O–H groups in total. The van der Waals surface area contributed by atoms with Crippen LogP contribution in [0.4, 0.5) is 10.1 Å². The quantitative estimate of drug-likeness (QED) is 0.487. The van der Waals surface area contributed by atoms with Crippen molar-refractivity contribution in [1.29, 1.82) is 0 Å². The molecule has 2 aliphatic rings. The maximum atomic E-state index is 14.3. The number of carbonyl (C=O) groups excluding carboxylic acids is 2. The van der Waals surface area contributed by atoms with Crippen LogP contribution < -0.4 is 25.0 Å². The molecule has 0 radical (unpaired) electrons. The van der Waals surface area contributed by atoms with E-state index in [2.05, 4.69) is 15.5 Å². The fourth-order valence-electron chi connectivity index (χ4n) is 4.49. The van der Waals surface area contributed by atoms with Crippen molar-refractivity contribution in [2.75, 3.05) is 44.4 Å². The van der Waals surface area contributed by atoms with Gasteiger partial charge in [0.1, 0.15) is 11.6 Å². The van der Waals surface area contributed by atoms with Gasteiger partial charge < -0.3 is 29.4 Å². The summed E-state index contributed by atoms with van der Waals surface area (Å²) in [4.78, 5) is 29.0. The van der Waals surface area contributed by atoms with E-state index >= 15 is 0 Å². The van der Waals surface area contributed by atoms with Crippen molar-refractivity contribution in [2.45, 2.75) is 12.6 Å². The number of rotatable bonds is 7. The van der Waals surface area contributed by atoms with E-state index in [1.165, 1.54) is 12.3 Å². The van der Waals surface area contributed by atoms with Crippen LogP contribution in [-0.2, 0) is 16.1 Å². The Balaban J connectivity index is 1.26. The Morgan fingerprint density at radius 2 is 1.69 bits per heavy atom. The third-order valence-corrected chi connectivity index (χ3v) is 6.40. The van der Waals surface area contributed by atoms with Crippen LogP contribution in [0.1, 0.15) is 17.4 Å². The number of anilines is 1. The second-order valence-electron chi connectivity index (χ2n) is 8.57. The first-order valence-corrected chi connectivity index (χ1v) is 11.8. The minimum absolute atomic E-state index is 0.128. The third kappa shape index (κ3) is 5.28. The number of hydrogen-bond donors (Lipinski definition) is 2. The van der Waals surface area contributed by atoms with Gasteiger partial charge >= 0.3 is 11.8 Å². The van der Waals surface area contributed by atoms with E-state index in [-0.39, 0.29) is 31.7 Å². The average Bonchev–Trinajstić information content (AvgIpc) is 3.60. The SMILES string of the molecule is O=C(NCc1ccco1)C(=O)NC[C@@H](c1ccc2c(c1)OCO2)N1CCN(c2ccccc2F)CC1. The van der Waals surface area contributed by atoms with E-state index in [9.17, 15) is 14.0 Å². The highest BCUT2D eigenvalue weighted by Crippen LogP contribution is 2.36. The maximum absolute atomic E-state index is 14.3. The number of benzene rings is 2. The standard InChI is InChI=1S/C26H27FN4O5/c27-20-5-1-2-6-21(20)30-9-11-31(12-10-30)22(18-7-8-23-24(14-18)36-17-35-23)16-29-26(33)25(32)28-15-19-4-3-13-34-19/h1-8,13-14,22H,9-12,15-17H2,(H,28,32)(H,29,33)/t22-/m0/s1. The summed E-state index contributed by atoms with van der Waals surface area (Å²) in [6, 6.07) is 15.6. The summed E-state index contributed by atoms with van der Waals surface area (Å²) in [5.74, 6) is 0.166. The number of halogens is 1. The number of amides is 2. The first-order chi connectivity index (χ1) is 17.6. The highest BCUT2D eigenvalue weighted by atomic mass is 19.1. The van der Waals surface area contributed by atoms with Crippen LogP contribution in [0.3, 0.4) is 0 Å². The summed E-state index contributed by atoms with van der Waals surface area (Å²) >= 11 is 0. The first kappa shape index (κ1) is 23.7. The van der Waals surface area contributed by atoms with E-state index in [0.717, 1.165) is 5.56 Å². The lowest BCUT2D eigenvalue weighted by atomic mass is 10.0. The average molecular weight is 495 g/mol. The minimum Gasteiger partial charge on any atom is -0.467 e. The maximum Gasteiger partial charge on any atom is 0.309 e. The van der Waals surface area contributed by atoms with Gasteiger partial charge in [0.2, 0.25) is 6.79 Å². The lowest BCUT2D eigenvalue weighted by molar-refractivity contribution is -0.139. The normalized spacial score (nSPS) is 16.0. The van der Waals surface area contributed by atoms with Crippen molar-refractivity contribution in [1.82, 2.24) is 15.5 Å². The Hall–Kier alpha value is -4.05. The largest absolute Gasteiger partial charge is 0.467 e. The van der Waals surface area contributed by atoms with Crippen molar-refractivity contribution < 1.29 is 27.9 Å². The summed E-state index contributed by atoms with van der Waals surface area (Å²) in [5.41, 5.74) is 1.51. The number of ether oxygens (including phenoxy) is 2. The van der Waals surface area contributed by atoms with Crippen LogP contribution in [0.25, 0.3) is 0 Å². The zero-order valence-corrected chi connectivity index (χ0v) is 19.6. The molecule has 5 rings (SSSR count). The van der Waals surface area contributed by atoms with Crippen LogP contribution >= 0.6 is 0 Å². The van der Waals surface area contributed by atoms with E-state index in [0.29, 0.717) is 49.1 Å². The molecular formula is C26H27FN4O5. The second-order valence-corrected chi connectivity index (χ2v) is 8.57. The minimum atomic E-state index is -0.736. The predicted octanol–water partition coefficient (Wildman–Crippen LogP) is 2.44. The van der Waals surface area contributed by atoms with Crippen LogP contribution in [0, 0.1) is 5.82 Å². The number of carbonyl (C=O) groups is 2. The molecule has 0 aliphatic carbocycles. The van der Waals surface area contributed by atoms with Crippen molar-refractivity contribution >= 4 is 17.5 Å². The number of fused-ring (bicyclic) bond motifs is 1. The zero-order valence-electron chi connectivity index (χ0n) is 19.6. The number of para-hydroxylation sites is 1. The molecule has 3 aromatic rings. The molecule has 36 heavy (non-hydrogen) atoms. The molecule has 1 atom stereocenters. The van der Waals surface area contributed by atoms with Crippen molar-refractivity contribution in [3.05, 3.63) is 78.0 Å². The number of furan rings is 1. The summed E-state index contributed by atoms with van der Waals surface area (Å²) in [5, 5.41) is 5.31. The van der Waals surface area contributed by atoms with Crippen LogP contribution in [0.15, 0.2) is 65.3 Å². The van der Waals surface area contributed by atoms with Gasteiger partial charge in [0.25, 0.3) is 0 Å². The molecule has 1 fully saturated rings. The van der Waals surface area contributed by atoms with Crippen molar-refractivity contribution in [3.8, 4) is 11.5 Å². The van der Waals surface area contributed by atoms with Gasteiger partial charge in [-0.1, -0.05) is 18.2 Å². The molecule has 9 nitrogen and oxygen atoms in total. The van der Waals surface area contributed by atoms with E-state index in [4.69, 9.17) is 13.9 Å².